The molecule has 0 unspecified atom stereocenters. The van der Waals surface area contributed by atoms with E-state index < -0.39 is 11.7 Å². The summed E-state index contributed by atoms with van der Waals surface area (Å²) in [7, 11) is 0. The molecular weight excluding hydrogens is 293 g/mol. The highest BCUT2D eigenvalue weighted by molar-refractivity contribution is 6.31. The number of nitrogens with zero attached hydrogens (tertiary/aromatic N) is 3. The minimum absolute atomic E-state index is 0.0519. The van der Waals surface area contributed by atoms with Crippen LogP contribution in [0.4, 0.5) is 24.7 Å². The van der Waals surface area contributed by atoms with E-state index in [1.54, 1.807) is 6.07 Å². The lowest BCUT2D eigenvalue weighted by molar-refractivity contribution is -0.137. The predicted molar refractivity (Wildman–Crippen MR) is 66.5 cm³/mol. The zero-order valence-electron chi connectivity index (χ0n) is 9.74. The molecule has 0 atom stereocenters. The van der Waals surface area contributed by atoms with E-state index in [0.717, 1.165) is 12.1 Å². The van der Waals surface area contributed by atoms with E-state index in [1.165, 1.54) is 18.5 Å². The Bertz CT molecular complexity index is 662. The number of benzene rings is 1. The second kappa shape index (κ2) is 5.35. The maximum absolute atomic E-state index is 12.6. The molecule has 0 aliphatic rings. The number of anilines is 2. The van der Waals surface area contributed by atoms with Crippen LogP contribution in [-0.2, 0) is 6.18 Å². The van der Waals surface area contributed by atoms with E-state index in [9.17, 15) is 13.2 Å². The highest BCUT2D eigenvalue weighted by Gasteiger charge is 2.31. The number of hydrogen-bond donors (Lipinski definition) is 1. The first-order valence-electron chi connectivity index (χ1n) is 5.25. The summed E-state index contributed by atoms with van der Waals surface area (Å²) in [6, 6.07) is 4.85. The van der Waals surface area contributed by atoms with Gasteiger partial charge in [0.05, 0.1) is 18.0 Å². The monoisotopic (exact) mass is 298 g/mol. The summed E-state index contributed by atoms with van der Waals surface area (Å²) >= 11 is 5.65. The maximum Gasteiger partial charge on any atom is 0.416 e. The van der Waals surface area contributed by atoms with E-state index in [0.29, 0.717) is 0 Å². The van der Waals surface area contributed by atoms with Crippen molar-refractivity contribution in [3.05, 3.63) is 46.9 Å². The van der Waals surface area contributed by atoms with E-state index in [1.807, 2.05) is 0 Å². The molecule has 0 saturated carbocycles. The summed E-state index contributed by atoms with van der Waals surface area (Å²) < 4.78 is 37.9. The minimum atomic E-state index is -4.49. The van der Waals surface area contributed by atoms with Crippen molar-refractivity contribution >= 4 is 23.1 Å². The zero-order chi connectivity index (χ0) is 14.8. The second-order valence-corrected chi connectivity index (χ2v) is 4.19. The molecule has 8 heteroatoms. The van der Waals surface area contributed by atoms with Gasteiger partial charge in [-0.1, -0.05) is 11.6 Å². The minimum Gasteiger partial charge on any atom is -0.339 e. The molecule has 0 aliphatic heterocycles. The van der Waals surface area contributed by atoms with Gasteiger partial charge in [0.1, 0.15) is 11.9 Å². The molecule has 0 spiro atoms. The number of rotatable bonds is 2. The fraction of sp³-hybridized carbons (Fsp3) is 0.0833. The first-order valence-corrected chi connectivity index (χ1v) is 5.63. The summed E-state index contributed by atoms with van der Waals surface area (Å²) in [6.45, 7) is 0. The highest BCUT2D eigenvalue weighted by Crippen LogP contribution is 2.33. The first kappa shape index (κ1) is 14.1. The Morgan fingerprint density at radius 3 is 2.45 bits per heavy atom. The molecule has 4 nitrogen and oxygen atoms in total. The Hall–Kier alpha value is -2.33. The van der Waals surface area contributed by atoms with Crippen LogP contribution in [0.2, 0.25) is 5.02 Å². The van der Waals surface area contributed by atoms with Crippen LogP contribution in [-0.4, -0.2) is 9.97 Å². The molecule has 0 amide bonds. The standard InChI is InChI=1S/C12H6ClF3N4/c13-8-1-7(12(14,15)16)2-9(3-8)20-11-6-18-10(4-17)5-19-11/h1-3,5-6H,(H,19,20). The van der Waals surface area contributed by atoms with Crippen LogP contribution >= 0.6 is 11.6 Å². The lowest BCUT2D eigenvalue weighted by atomic mass is 10.2. The molecule has 0 aliphatic carbocycles. The lowest BCUT2D eigenvalue weighted by Gasteiger charge is -2.11. The average molecular weight is 299 g/mol. The number of hydrogen-bond acceptors (Lipinski definition) is 4. The number of halogens is 4. The van der Waals surface area contributed by atoms with Gasteiger partial charge in [-0.25, -0.2) is 9.97 Å². The molecule has 0 bridgehead atoms. The topological polar surface area (TPSA) is 61.6 Å². The maximum atomic E-state index is 12.6. The summed E-state index contributed by atoms with van der Waals surface area (Å²) in [6.07, 6.45) is -2.04. The van der Waals surface area contributed by atoms with E-state index >= 15 is 0 Å². The fourth-order valence-corrected chi connectivity index (χ4v) is 1.66. The predicted octanol–water partition coefficient (Wildman–Crippen LogP) is 3.76. The van der Waals surface area contributed by atoms with Crippen LogP contribution in [0.3, 0.4) is 0 Å². The third-order valence-electron chi connectivity index (χ3n) is 2.26. The average Bonchev–Trinajstić information content (AvgIpc) is 2.38. The van der Waals surface area contributed by atoms with Crippen molar-refractivity contribution in [2.45, 2.75) is 6.18 Å². The molecule has 20 heavy (non-hydrogen) atoms. The van der Waals surface area contributed by atoms with Gasteiger partial charge in [-0.05, 0) is 18.2 Å². The molecule has 0 saturated heterocycles. The van der Waals surface area contributed by atoms with Gasteiger partial charge < -0.3 is 5.32 Å². The Labute approximate surface area is 116 Å². The van der Waals surface area contributed by atoms with Crippen LogP contribution < -0.4 is 5.32 Å². The highest BCUT2D eigenvalue weighted by atomic mass is 35.5. The van der Waals surface area contributed by atoms with Crippen molar-refractivity contribution in [1.82, 2.24) is 9.97 Å². The van der Waals surface area contributed by atoms with Gasteiger partial charge in [-0.3, -0.25) is 0 Å². The largest absolute Gasteiger partial charge is 0.416 e. The van der Waals surface area contributed by atoms with Crippen LogP contribution in [0.15, 0.2) is 30.6 Å². The van der Waals surface area contributed by atoms with Crippen molar-refractivity contribution in [3.63, 3.8) is 0 Å². The van der Waals surface area contributed by atoms with Crippen LogP contribution in [0.25, 0.3) is 0 Å². The molecule has 1 aromatic carbocycles. The molecule has 0 radical (unpaired) electrons. The van der Waals surface area contributed by atoms with E-state index in [-0.39, 0.29) is 22.2 Å². The number of nitrogens with one attached hydrogen (secondary N) is 1. The summed E-state index contributed by atoms with van der Waals surface area (Å²) in [4.78, 5) is 7.59. The third-order valence-corrected chi connectivity index (χ3v) is 2.48. The van der Waals surface area contributed by atoms with Crippen molar-refractivity contribution in [3.8, 4) is 6.07 Å². The summed E-state index contributed by atoms with van der Waals surface area (Å²) in [5.74, 6) is 0.208. The molecular formula is C12H6ClF3N4. The van der Waals surface area contributed by atoms with Crippen molar-refractivity contribution < 1.29 is 13.2 Å². The zero-order valence-corrected chi connectivity index (χ0v) is 10.5. The smallest absolute Gasteiger partial charge is 0.339 e. The molecule has 1 N–H and O–H groups in total. The van der Waals surface area contributed by atoms with Gasteiger partial charge in [-0.2, -0.15) is 18.4 Å². The third kappa shape index (κ3) is 3.36. The summed E-state index contributed by atoms with van der Waals surface area (Å²) in [5.41, 5.74) is -0.629. The van der Waals surface area contributed by atoms with Gasteiger partial charge in [0.15, 0.2) is 5.69 Å². The molecule has 2 rings (SSSR count). The van der Waals surface area contributed by atoms with Crippen LogP contribution in [0, 0.1) is 11.3 Å². The molecule has 102 valence electrons. The van der Waals surface area contributed by atoms with Crippen LogP contribution in [0.1, 0.15) is 11.3 Å². The number of aromatic nitrogens is 2. The van der Waals surface area contributed by atoms with Gasteiger partial charge in [0.2, 0.25) is 0 Å². The van der Waals surface area contributed by atoms with E-state index in [2.05, 4.69) is 15.3 Å². The number of nitriles is 1. The molecule has 2 aromatic rings. The quantitative estimate of drug-likeness (QED) is 0.917. The van der Waals surface area contributed by atoms with Gasteiger partial charge in [0, 0.05) is 10.7 Å². The van der Waals surface area contributed by atoms with Gasteiger partial charge >= 0.3 is 6.18 Å². The first-order chi connectivity index (χ1) is 9.38. The van der Waals surface area contributed by atoms with Crippen molar-refractivity contribution in [2.24, 2.45) is 0 Å². The Balaban J connectivity index is 2.29. The normalized spacial score (nSPS) is 10.9. The van der Waals surface area contributed by atoms with Crippen molar-refractivity contribution in [1.29, 1.82) is 5.26 Å². The summed E-state index contributed by atoms with van der Waals surface area (Å²) in [5, 5.41) is 11.2. The van der Waals surface area contributed by atoms with Gasteiger partial charge in [-0.15, -0.1) is 0 Å². The fourth-order valence-electron chi connectivity index (χ4n) is 1.42. The van der Waals surface area contributed by atoms with Crippen LogP contribution in [0.5, 0.6) is 0 Å². The Kier molecular flexibility index (Phi) is 3.77. The molecule has 1 heterocycles. The molecule has 1 aromatic heterocycles. The number of alkyl halides is 3. The Morgan fingerprint density at radius 1 is 1.15 bits per heavy atom. The SMILES string of the molecule is N#Cc1cnc(Nc2cc(Cl)cc(C(F)(F)F)c2)cn1. The van der Waals surface area contributed by atoms with Gasteiger partial charge in [0.25, 0.3) is 0 Å². The second-order valence-electron chi connectivity index (χ2n) is 3.75. The van der Waals surface area contributed by atoms with Crippen molar-refractivity contribution in [2.75, 3.05) is 5.32 Å². The molecule has 0 fully saturated rings. The van der Waals surface area contributed by atoms with E-state index in [4.69, 9.17) is 16.9 Å². The Morgan fingerprint density at radius 2 is 1.90 bits per heavy atom. The lowest BCUT2D eigenvalue weighted by Crippen LogP contribution is -2.06.